The first-order chi connectivity index (χ1) is 28.8. The van der Waals surface area contributed by atoms with Crippen molar-refractivity contribution in [1.82, 2.24) is 19.9 Å². The lowest BCUT2D eigenvalue weighted by atomic mass is 9.83. The van der Waals surface area contributed by atoms with Crippen LogP contribution < -0.4 is 4.90 Å². The zero-order chi connectivity index (χ0) is 38.2. The van der Waals surface area contributed by atoms with Gasteiger partial charge in [-0.3, -0.25) is 4.90 Å². The number of hydrogen-bond donors (Lipinski definition) is 0. The molecule has 58 heavy (non-hydrogen) atoms. The van der Waals surface area contributed by atoms with Gasteiger partial charge in [0.05, 0.1) is 5.70 Å². The molecule has 0 fully saturated rings. The maximum atomic E-state index is 4.86. The number of para-hydroxylation sites is 1. The molecule has 3 heterocycles. The summed E-state index contributed by atoms with van der Waals surface area (Å²) in [5.41, 5.74) is 13.2. The van der Waals surface area contributed by atoms with Gasteiger partial charge in [-0.05, 0) is 108 Å². The number of benzene rings is 8. The lowest BCUT2D eigenvalue weighted by Gasteiger charge is -2.29. The summed E-state index contributed by atoms with van der Waals surface area (Å²) in [5, 5.41) is 7.24. The van der Waals surface area contributed by atoms with Crippen LogP contribution in [0.1, 0.15) is 34.0 Å². The van der Waals surface area contributed by atoms with Crippen molar-refractivity contribution in [3.63, 3.8) is 0 Å². The van der Waals surface area contributed by atoms with Gasteiger partial charge < -0.3 is 4.90 Å². The minimum absolute atomic E-state index is 0.109. The van der Waals surface area contributed by atoms with Crippen molar-refractivity contribution in [2.24, 2.45) is 0 Å². The molecule has 1 aromatic heterocycles. The number of anilines is 1. The molecule has 8 aromatic carbocycles. The van der Waals surface area contributed by atoms with Crippen molar-refractivity contribution in [2.75, 3.05) is 11.4 Å². The number of nitrogens with zero attached hydrogens (tertiary/aromatic N) is 5. The molecule has 0 spiro atoms. The van der Waals surface area contributed by atoms with Gasteiger partial charge in [0, 0.05) is 23.7 Å². The standard InChI is InChI=1S/C53H35N5/c1-3-16-35(17-4-1)48-40-22-10-9-21-39(40)43-30-46-45(31-44(43)48)49(37-27-26-34-15-7-8-18-36(34)29-37)41-23-11-12-24-42(41)50(46)51-52(53-55-32-54-33-56-53)58(38-19-5-2-6-20-38)47-25-13-14-28-57(47)51/h1-27,29-33,48H,28H2. The normalized spacial score (nSPS) is 15.6. The number of fused-ring (bicyclic) bond motifs is 7. The maximum Gasteiger partial charge on any atom is 0.181 e. The summed E-state index contributed by atoms with van der Waals surface area (Å²) < 4.78 is 0. The molecule has 5 heteroatoms. The molecule has 9 aromatic rings. The van der Waals surface area contributed by atoms with Crippen molar-refractivity contribution in [3.8, 4) is 22.3 Å². The molecular weight excluding hydrogens is 707 g/mol. The van der Waals surface area contributed by atoms with E-state index < -0.39 is 0 Å². The molecular formula is C53H35N5. The Kier molecular flexibility index (Phi) is 7.29. The van der Waals surface area contributed by atoms with Crippen LogP contribution in [0.15, 0.2) is 200 Å². The van der Waals surface area contributed by atoms with Crippen LogP contribution in [0.3, 0.4) is 0 Å². The first-order valence-corrected chi connectivity index (χ1v) is 19.8. The zero-order valence-corrected chi connectivity index (χ0v) is 31.5. The van der Waals surface area contributed by atoms with E-state index in [4.69, 9.17) is 9.97 Å². The zero-order valence-electron chi connectivity index (χ0n) is 31.5. The predicted molar refractivity (Wildman–Crippen MR) is 237 cm³/mol. The van der Waals surface area contributed by atoms with E-state index in [-0.39, 0.29) is 5.92 Å². The second-order valence-corrected chi connectivity index (χ2v) is 15.2. The quantitative estimate of drug-likeness (QED) is 0.164. The van der Waals surface area contributed by atoms with Crippen LogP contribution in [-0.4, -0.2) is 26.4 Å². The summed E-state index contributed by atoms with van der Waals surface area (Å²) in [6.07, 6.45) is 9.80. The fraction of sp³-hybridized carbons (Fsp3) is 0.0377. The maximum absolute atomic E-state index is 4.86. The third-order valence-electron chi connectivity index (χ3n) is 12.1. The van der Waals surface area contributed by atoms with Crippen molar-refractivity contribution in [1.29, 1.82) is 0 Å². The Morgan fingerprint density at radius 3 is 2.03 bits per heavy atom. The van der Waals surface area contributed by atoms with Gasteiger partial charge in [0.2, 0.25) is 0 Å². The highest BCUT2D eigenvalue weighted by Crippen LogP contribution is 2.55. The van der Waals surface area contributed by atoms with Crippen LogP contribution in [-0.2, 0) is 0 Å². The first kappa shape index (κ1) is 32.6. The van der Waals surface area contributed by atoms with Crippen LogP contribution in [0, 0.1) is 0 Å². The average Bonchev–Trinajstić information content (AvgIpc) is 3.81. The van der Waals surface area contributed by atoms with Crippen molar-refractivity contribution in [2.45, 2.75) is 5.92 Å². The Bertz CT molecular complexity index is 3200. The molecule has 3 aliphatic rings. The third kappa shape index (κ3) is 4.86. The summed E-state index contributed by atoms with van der Waals surface area (Å²) in [5.74, 6) is 1.79. The molecule has 1 unspecified atom stereocenters. The molecule has 0 saturated carbocycles. The van der Waals surface area contributed by atoms with Crippen LogP contribution in [0.2, 0.25) is 0 Å². The number of rotatable bonds is 5. The molecule has 0 saturated heterocycles. The van der Waals surface area contributed by atoms with Gasteiger partial charge >= 0.3 is 0 Å². The largest absolute Gasteiger partial charge is 0.321 e. The van der Waals surface area contributed by atoms with E-state index in [1.807, 2.05) is 0 Å². The Balaban J connectivity index is 1.26. The third-order valence-corrected chi connectivity index (χ3v) is 12.1. The SMILES string of the molecule is C1=CCN2C(=C1)N(c1ccccc1)C(c1ncncn1)=C2c1c2ccccc2c(-c2ccc3ccccc3c2)c2cc3c(cc12)-c1ccccc1C3c1ccccc1. The second-order valence-electron chi connectivity index (χ2n) is 15.2. The van der Waals surface area contributed by atoms with E-state index >= 15 is 0 Å². The first-order valence-electron chi connectivity index (χ1n) is 19.8. The lowest BCUT2D eigenvalue weighted by molar-refractivity contribution is 0.547. The van der Waals surface area contributed by atoms with Crippen LogP contribution in [0.25, 0.3) is 66.0 Å². The molecule has 1 aliphatic carbocycles. The van der Waals surface area contributed by atoms with Gasteiger partial charge in [-0.25, -0.2) is 15.0 Å². The monoisotopic (exact) mass is 741 g/mol. The summed E-state index contributed by atoms with van der Waals surface area (Å²) in [6, 6.07) is 60.1. The van der Waals surface area contributed by atoms with Crippen molar-refractivity contribution < 1.29 is 0 Å². The highest BCUT2D eigenvalue weighted by molar-refractivity contribution is 6.23. The average molecular weight is 742 g/mol. The number of hydrogen-bond acceptors (Lipinski definition) is 5. The van der Waals surface area contributed by atoms with Gasteiger partial charge in [-0.2, -0.15) is 0 Å². The number of allylic oxidation sites excluding steroid dienone is 2. The summed E-state index contributed by atoms with van der Waals surface area (Å²) in [7, 11) is 0. The summed E-state index contributed by atoms with van der Waals surface area (Å²) in [4.78, 5) is 18.7. The Hall–Kier alpha value is -7.63. The van der Waals surface area contributed by atoms with Gasteiger partial charge in [-0.15, -0.1) is 0 Å². The van der Waals surface area contributed by atoms with Crippen molar-refractivity contribution >= 4 is 49.4 Å². The lowest BCUT2D eigenvalue weighted by Crippen LogP contribution is -2.27. The molecule has 0 radical (unpaired) electrons. The highest BCUT2D eigenvalue weighted by Gasteiger charge is 2.40. The molecule has 2 aliphatic heterocycles. The molecule has 0 bridgehead atoms. The van der Waals surface area contributed by atoms with E-state index in [0.717, 1.165) is 28.5 Å². The molecule has 0 amide bonds. The highest BCUT2D eigenvalue weighted by atomic mass is 15.4. The van der Waals surface area contributed by atoms with Crippen LogP contribution in [0.5, 0.6) is 0 Å². The van der Waals surface area contributed by atoms with Crippen LogP contribution in [0.4, 0.5) is 5.69 Å². The fourth-order valence-corrected chi connectivity index (χ4v) is 9.70. The summed E-state index contributed by atoms with van der Waals surface area (Å²) in [6.45, 7) is 0.700. The van der Waals surface area contributed by atoms with Crippen molar-refractivity contribution in [3.05, 3.63) is 229 Å². The van der Waals surface area contributed by atoms with Crippen LogP contribution >= 0.6 is 0 Å². The molecule has 5 nitrogen and oxygen atoms in total. The van der Waals surface area contributed by atoms with Gasteiger partial charge in [0.1, 0.15) is 24.2 Å². The Labute approximate surface area is 336 Å². The Morgan fingerprint density at radius 2 is 1.21 bits per heavy atom. The minimum Gasteiger partial charge on any atom is -0.321 e. The van der Waals surface area contributed by atoms with E-state index in [0.29, 0.717) is 12.4 Å². The van der Waals surface area contributed by atoms with E-state index in [1.165, 1.54) is 71.3 Å². The fourth-order valence-electron chi connectivity index (χ4n) is 9.70. The van der Waals surface area contributed by atoms with E-state index in [1.54, 1.807) is 12.7 Å². The molecule has 272 valence electrons. The van der Waals surface area contributed by atoms with E-state index in [9.17, 15) is 0 Å². The second kappa shape index (κ2) is 13.0. The predicted octanol–water partition coefficient (Wildman–Crippen LogP) is 12.2. The smallest absolute Gasteiger partial charge is 0.181 e. The molecule has 12 rings (SSSR count). The summed E-state index contributed by atoms with van der Waals surface area (Å²) >= 11 is 0. The minimum atomic E-state index is 0.109. The topological polar surface area (TPSA) is 45.2 Å². The van der Waals surface area contributed by atoms with Gasteiger partial charge in [-0.1, -0.05) is 146 Å². The number of aromatic nitrogens is 3. The van der Waals surface area contributed by atoms with E-state index in [2.05, 4.69) is 197 Å². The Morgan fingerprint density at radius 1 is 0.517 bits per heavy atom. The van der Waals surface area contributed by atoms with Gasteiger partial charge in [0.15, 0.2) is 5.82 Å². The van der Waals surface area contributed by atoms with Gasteiger partial charge in [0.25, 0.3) is 0 Å². The molecule has 1 atom stereocenters. The molecule has 0 N–H and O–H groups in total.